The van der Waals surface area contributed by atoms with Crippen LogP contribution in [0.4, 0.5) is 13.2 Å². The van der Waals surface area contributed by atoms with Gasteiger partial charge in [0.2, 0.25) is 5.43 Å². The Hall–Kier alpha value is -2.83. The predicted octanol–water partition coefficient (Wildman–Crippen LogP) is 6.02. The molecule has 0 saturated carbocycles. The normalized spacial score (nSPS) is 12.7. The van der Waals surface area contributed by atoms with Crippen LogP contribution in [0.1, 0.15) is 0 Å². The van der Waals surface area contributed by atoms with Crippen LogP contribution in [0, 0.1) is 0 Å². The van der Waals surface area contributed by atoms with Gasteiger partial charge in [0.1, 0.15) is 0 Å². The van der Waals surface area contributed by atoms with E-state index >= 15 is 0 Å². The van der Waals surface area contributed by atoms with Gasteiger partial charge < -0.3 is 0 Å². The van der Waals surface area contributed by atoms with Crippen LogP contribution in [0.2, 0.25) is 10.0 Å². The molecule has 0 fully saturated rings. The lowest BCUT2D eigenvalue weighted by Gasteiger charge is -2.33. The number of nitrogens with zero attached hydrogens (tertiary/aromatic N) is 4. The molecule has 0 radical (unpaired) electrons. The Bertz CT molecular complexity index is 1410. The van der Waals surface area contributed by atoms with Gasteiger partial charge in [-0.15, -0.1) is 0 Å². The first-order valence-electron chi connectivity index (χ1n) is 9.04. The van der Waals surface area contributed by atoms with Gasteiger partial charge >= 0.3 is 5.51 Å². The van der Waals surface area contributed by atoms with Crippen molar-refractivity contribution in [2.45, 2.75) is 10.4 Å². The molecule has 2 aromatic heterocycles. The molecule has 0 unspecified atom stereocenters. The molecule has 0 aliphatic heterocycles. The Morgan fingerprint density at radius 2 is 1.73 bits per heavy atom. The highest BCUT2D eigenvalue weighted by molar-refractivity contribution is 8.25. The maximum atomic E-state index is 13.1. The summed E-state index contributed by atoms with van der Waals surface area (Å²) in [5.41, 5.74) is -5.07. The third-order valence-corrected chi connectivity index (χ3v) is 6.95. The second-order valence-electron chi connectivity index (χ2n) is 6.67. The molecule has 2 aromatic carbocycles. The fraction of sp³-hybridized carbons (Fsp3) is 0.0500. The molecule has 4 aromatic rings. The SMILES string of the molecule is O=c1ccn(-c2cccc(S(O)(O)C(F)(F)F)c2)nc1-c1ccnn1-c1cccc(Cl)c1Cl. The van der Waals surface area contributed by atoms with Gasteiger partial charge in [0, 0.05) is 12.3 Å². The van der Waals surface area contributed by atoms with Gasteiger partial charge in [0.25, 0.3) is 0 Å². The highest BCUT2D eigenvalue weighted by Gasteiger charge is 2.46. The van der Waals surface area contributed by atoms with E-state index in [2.05, 4.69) is 10.2 Å². The van der Waals surface area contributed by atoms with Crippen LogP contribution < -0.4 is 5.43 Å². The average molecular weight is 517 g/mol. The van der Waals surface area contributed by atoms with Crippen molar-refractivity contribution in [3.8, 4) is 22.8 Å². The highest BCUT2D eigenvalue weighted by atomic mass is 35.5. The number of halogens is 5. The molecule has 2 heterocycles. The molecule has 2 N–H and O–H groups in total. The van der Waals surface area contributed by atoms with Gasteiger partial charge in [-0.2, -0.15) is 23.4 Å². The maximum absolute atomic E-state index is 13.1. The summed E-state index contributed by atoms with van der Waals surface area (Å²) in [6.45, 7) is 0. The molecule has 0 aliphatic carbocycles. The molecule has 33 heavy (non-hydrogen) atoms. The van der Waals surface area contributed by atoms with Crippen molar-refractivity contribution in [1.82, 2.24) is 19.6 Å². The van der Waals surface area contributed by atoms with E-state index < -0.39 is 26.4 Å². The van der Waals surface area contributed by atoms with E-state index in [-0.39, 0.29) is 27.1 Å². The Kier molecular flexibility index (Phi) is 6.01. The van der Waals surface area contributed by atoms with Crippen LogP contribution in [0.25, 0.3) is 22.8 Å². The van der Waals surface area contributed by atoms with Crippen molar-refractivity contribution in [3.05, 3.63) is 87.3 Å². The quantitative estimate of drug-likeness (QED) is 0.345. The number of hydrogen-bond donors (Lipinski definition) is 2. The van der Waals surface area contributed by atoms with E-state index in [1.165, 1.54) is 41.3 Å². The lowest BCUT2D eigenvalue weighted by atomic mass is 10.2. The molecular formula is C20H13Cl2F3N4O3S. The highest BCUT2D eigenvalue weighted by Crippen LogP contribution is 2.61. The first-order chi connectivity index (χ1) is 15.5. The van der Waals surface area contributed by atoms with E-state index in [1.807, 2.05) is 0 Å². The van der Waals surface area contributed by atoms with E-state index in [0.717, 1.165) is 16.8 Å². The second kappa shape index (κ2) is 8.50. The standard InChI is InChI=1S/C20H13Cl2F3N4O3S/c21-14-5-2-6-15(18(14)22)29-16(7-9-26-29)19-17(30)8-10-28(27-19)12-3-1-4-13(11-12)33(31,32)20(23,24)25/h1-11,31-32H. The molecular weight excluding hydrogens is 504 g/mol. The molecule has 0 aliphatic rings. The minimum absolute atomic E-state index is 0.0705. The van der Waals surface area contributed by atoms with E-state index in [0.29, 0.717) is 5.69 Å². The van der Waals surface area contributed by atoms with Crippen LogP contribution in [0.5, 0.6) is 0 Å². The third-order valence-electron chi connectivity index (χ3n) is 4.59. The minimum Gasteiger partial charge on any atom is -0.288 e. The van der Waals surface area contributed by atoms with E-state index in [4.69, 9.17) is 23.2 Å². The Morgan fingerprint density at radius 3 is 2.45 bits per heavy atom. The van der Waals surface area contributed by atoms with Gasteiger partial charge in [-0.05, 0) is 36.4 Å². The zero-order valence-corrected chi connectivity index (χ0v) is 18.6. The lowest BCUT2D eigenvalue weighted by Crippen LogP contribution is -2.20. The third kappa shape index (κ3) is 4.25. The van der Waals surface area contributed by atoms with Gasteiger partial charge in [-0.1, -0.05) is 45.9 Å². The zero-order valence-electron chi connectivity index (χ0n) is 16.2. The molecule has 0 amide bonds. The summed E-state index contributed by atoms with van der Waals surface area (Å²) in [5.74, 6) is 0. The summed E-state index contributed by atoms with van der Waals surface area (Å²) >= 11 is 12.4. The summed E-state index contributed by atoms with van der Waals surface area (Å²) in [4.78, 5) is 11.9. The van der Waals surface area contributed by atoms with Crippen LogP contribution in [-0.2, 0) is 0 Å². The van der Waals surface area contributed by atoms with Crippen molar-refractivity contribution < 1.29 is 22.3 Å². The molecule has 7 nitrogen and oxygen atoms in total. The topological polar surface area (TPSA) is 93.2 Å². The first-order valence-corrected chi connectivity index (χ1v) is 11.3. The molecule has 172 valence electrons. The van der Waals surface area contributed by atoms with Crippen LogP contribution in [0.3, 0.4) is 0 Å². The molecule has 13 heteroatoms. The summed E-state index contributed by atoms with van der Waals surface area (Å²) in [7, 11) is -5.06. The fourth-order valence-electron chi connectivity index (χ4n) is 3.00. The monoisotopic (exact) mass is 516 g/mol. The predicted molar refractivity (Wildman–Crippen MR) is 120 cm³/mol. The first kappa shape index (κ1) is 23.3. The summed E-state index contributed by atoms with van der Waals surface area (Å²) in [6, 6.07) is 12.1. The minimum atomic E-state index is -5.24. The number of alkyl halides is 3. The van der Waals surface area contributed by atoms with Crippen molar-refractivity contribution in [1.29, 1.82) is 0 Å². The number of benzene rings is 2. The maximum Gasteiger partial charge on any atom is 0.500 e. The van der Waals surface area contributed by atoms with Gasteiger partial charge in [0.15, 0.2) is 5.69 Å². The Balaban J connectivity index is 1.83. The molecule has 0 spiro atoms. The molecule has 0 saturated heterocycles. The van der Waals surface area contributed by atoms with Crippen molar-refractivity contribution in [2.75, 3.05) is 0 Å². The molecule has 0 bridgehead atoms. The van der Waals surface area contributed by atoms with Crippen LogP contribution in [-0.4, -0.2) is 34.2 Å². The number of rotatable bonds is 4. The fourth-order valence-corrected chi connectivity index (χ4v) is 4.19. The lowest BCUT2D eigenvalue weighted by molar-refractivity contribution is -0.0526. The summed E-state index contributed by atoms with van der Waals surface area (Å²) < 4.78 is 61.0. The van der Waals surface area contributed by atoms with Crippen molar-refractivity contribution in [3.63, 3.8) is 0 Å². The summed E-state index contributed by atoms with van der Waals surface area (Å²) in [6.07, 6.45) is 2.67. The van der Waals surface area contributed by atoms with Crippen molar-refractivity contribution in [2.24, 2.45) is 0 Å². The number of aromatic nitrogens is 4. The zero-order chi connectivity index (χ0) is 24.0. The van der Waals surface area contributed by atoms with Crippen LogP contribution in [0.15, 0.2) is 76.7 Å². The average Bonchev–Trinajstić information content (AvgIpc) is 3.24. The largest absolute Gasteiger partial charge is 0.500 e. The van der Waals surface area contributed by atoms with Crippen molar-refractivity contribution >= 4 is 33.8 Å². The van der Waals surface area contributed by atoms with E-state index in [9.17, 15) is 27.1 Å². The van der Waals surface area contributed by atoms with Gasteiger partial charge in [-0.3, -0.25) is 13.9 Å². The van der Waals surface area contributed by atoms with Gasteiger partial charge in [0.05, 0.1) is 38.2 Å². The Labute approximate surface area is 196 Å². The van der Waals surface area contributed by atoms with Gasteiger partial charge in [-0.25, -0.2) is 9.36 Å². The molecule has 0 atom stereocenters. The number of hydrogen-bond acceptors (Lipinski definition) is 5. The molecule has 4 rings (SSSR count). The van der Waals surface area contributed by atoms with E-state index in [1.54, 1.807) is 18.2 Å². The Morgan fingerprint density at radius 1 is 1.00 bits per heavy atom. The smallest absolute Gasteiger partial charge is 0.288 e. The van der Waals surface area contributed by atoms with Crippen LogP contribution >= 0.6 is 33.8 Å². The summed E-state index contributed by atoms with van der Waals surface area (Å²) in [5, 5.41) is 8.89. The second-order valence-corrected chi connectivity index (χ2v) is 9.48.